The molecule has 0 spiro atoms. The van der Waals surface area contributed by atoms with E-state index >= 15 is 0 Å². The number of nitrogens with zero attached hydrogens (tertiary/aromatic N) is 2. The van der Waals surface area contributed by atoms with Gasteiger partial charge in [0.2, 0.25) is 21.8 Å². The second-order valence-electron chi connectivity index (χ2n) is 7.93. The van der Waals surface area contributed by atoms with E-state index < -0.39 is 28.5 Å². The van der Waals surface area contributed by atoms with E-state index in [1.807, 2.05) is 31.2 Å². The molecule has 0 bridgehead atoms. The lowest BCUT2D eigenvalue weighted by Crippen LogP contribution is -2.51. The van der Waals surface area contributed by atoms with Crippen molar-refractivity contribution >= 4 is 43.5 Å². The van der Waals surface area contributed by atoms with E-state index in [1.165, 1.54) is 31.3 Å². The summed E-state index contributed by atoms with van der Waals surface area (Å²) in [6.07, 6.45) is 1.76. The van der Waals surface area contributed by atoms with Gasteiger partial charge in [-0.2, -0.15) is 0 Å². The number of hydrogen-bond acceptors (Lipinski definition) is 6. The molecule has 11 heteroatoms. The molecule has 0 aliphatic carbocycles. The molecule has 0 aliphatic rings. The van der Waals surface area contributed by atoms with Crippen LogP contribution < -0.4 is 19.1 Å². The quantitative estimate of drug-likeness (QED) is 0.421. The van der Waals surface area contributed by atoms with Crippen LogP contribution in [-0.4, -0.2) is 64.7 Å². The minimum atomic E-state index is -3.88. The maximum Gasteiger partial charge on any atom is 0.244 e. The number of carbonyl (C=O) groups excluding carboxylic acids is 2. The largest absolute Gasteiger partial charge is 0.497 e. The van der Waals surface area contributed by atoms with Gasteiger partial charge in [-0.05, 0) is 43.2 Å². The van der Waals surface area contributed by atoms with Crippen LogP contribution in [0.3, 0.4) is 0 Å². The third kappa shape index (κ3) is 7.86. The van der Waals surface area contributed by atoms with Gasteiger partial charge in [-0.25, -0.2) is 8.42 Å². The SMILES string of the molecule is CCCNC(=O)C(C)N(Cc1cccc(Br)c1)C(=O)CN(c1ccc(OC)cc1OC)S(C)(=O)=O. The zero-order valence-electron chi connectivity index (χ0n) is 20.6. The van der Waals surface area contributed by atoms with Crippen LogP contribution in [-0.2, 0) is 26.2 Å². The average molecular weight is 571 g/mol. The summed E-state index contributed by atoms with van der Waals surface area (Å²) in [5.41, 5.74) is 0.977. The maximum absolute atomic E-state index is 13.6. The Kier molecular flexibility index (Phi) is 10.4. The van der Waals surface area contributed by atoms with Crippen LogP contribution in [0.5, 0.6) is 11.5 Å². The topological polar surface area (TPSA) is 105 Å². The minimum absolute atomic E-state index is 0.121. The zero-order chi connectivity index (χ0) is 26.2. The molecule has 2 amide bonds. The smallest absolute Gasteiger partial charge is 0.244 e. The van der Waals surface area contributed by atoms with Crippen LogP contribution in [0.2, 0.25) is 0 Å². The third-order valence-electron chi connectivity index (χ3n) is 5.29. The number of amides is 2. The van der Waals surface area contributed by atoms with Gasteiger partial charge in [-0.1, -0.05) is 35.0 Å². The number of anilines is 1. The van der Waals surface area contributed by atoms with Crippen molar-refractivity contribution < 1.29 is 27.5 Å². The second kappa shape index (κ2) is 12.8. The van der Waals surface area contributed by atoms with Crippen molar-refractivity contribution in [3.05, 3.63) is 52.5 Å². The fraction of sp³-hybridized carbons (Fsp3) is 0.417. The lowest BCUT2D eigenvalue weighted by Gasteiger charge is -2.32. The fourth-order valence-corrected chi connectivity index (χ4v) is 4.70. The molecule has 0 aromatic heterocycles. The Labute approximate surface area is 215 Å². The maximum atomic E-state index is 13.6. The van der Waals surface area contributed by atoms with Gasteiger partial charge in [-0.3, -0.25) is 13.9 Å². The van der Waals surface area contributed by atoms with Gasteiger partial charge in [0.1, 0.15) is 24.1 Å². The van der Waals surface area contributed by atoms with Gasteiger partial charge in [0.25, 0.3) is 0 Å². The molecule has 1 atom stereocenters. The van der Waals surface area contributed by atoms with Crippen molar-refractivity contribution in [2.45, 2.75) is 32.9 Å². The number of nitrogens with one attached hydrogen (secondary N) is 1. The van der Waals surface area contributed by atoms with Crippen LogP contribution in [0.1, 0.15) is 25.8 Å². The molecule has 192 valence electrons. The molecule has 0 saturated heterocycles. The monoisotopic (exact) mass is 569 g/mol. The molecular weight excluding hydrogens is 538 g/mol. The summed E-state index contributed by atoms with van der Waals surface area (Å²) in [6, 6.07) is 11.2. The Bertz CT molecular complexity index is 1140. The number of benzene rings is 2. The van der Waals surface area contributed by atoms with Gasteiger partial charge in [0.15, 0.2) is 0 Å². The van der Waals surface area contributed by atoms with Crippen LogP contribution in [0.4, 0.5) is 5.69 Å². The van der Waals surface area contributed by atoms with Gasteiger partial charge < -0.3 is 19.7 Å². The van der Waals surface area contributed by atoms with E-state index in [0.717, 1.165) is 27.0 Å². The van der Waals surface area contributed by atoms with Crippen molar-refractivity contribution in [3.63, 3.8) is 0 Å². The highest BCUT2D eigenvalue weighted by atomic mass is 79.9. The minimum Gasteiger partial charge on any atom is -0.497 e. The molecule has 35 heavy (non-hydrogen) atoms. The predicted molar refractivity (Wildman–Crippen MR) is 139 cm³/mol. The summed E-state index contributed by atoms with van der Waals surface area (Å²) in [6.45, 7) is 3.64. The van der Waals surface area contributed by atoms with Gasteiger partial charge in [0, 0.05) is 23.6 Å². The first-order chi connectivity index (χ1) is 16.5. The first-order valence-corrected chi connectivity index (χ1v) is 13.7. The normalized spacial score (nSPS) is 11.9. The summed E-state index contributed by atoms with van der Waals surface area (Å²) in [4.78, 5) is 27.7. The van der Waals surface area contributed by atoms with Crippen molar-refractivity contribution in [3.8, 4) is 11.5 Å². The van der Waals surface area contributed by atoms with Crippen molar-refractivity contribution in [1.82, 2.24) is 10.2 Å². The molecule has 0 saturated carbocycles. The second-order valence-corrected chi connectivity index (χ2v) is 10.7. The highest BCUT2D eigenvalue weighted by Gasteiger charge is 2.31. The lowest BCUT2D eigenvalue weighted by molar-refractivity contribution is -0.139. The first-order valence-electron chi connectivity index (χ1n) is 11.0. The van der Waals surface area contributed by atoms with Crippen molar-refractivity contribution in [1.29, 1.82) is 0 Å². The standard InChI is InChI=1S/C24H32BrN3O6S/c1-6-12-26-24(30)17(2)27(15-18-8-7-9-19(25)13-18)23(29)16-28(35(5,31)32)21-11-10-20(33-3)14-22(21)34-4/h7-11,13-14,17H,6,12,15-16H2,1-5H3,(H,26,30). The first kappa shape index (κ1) is 28.4. The molecule has 0 heterocycles. The number of ether oxygens (including phenoxy) is 2. The molecule has 1 unspecified atom stereocenters. The number of sulfonamides is 1. The Morgan fingerprint density at radius 2 is 1.83 bits per heavy atom. The number of methoxy groups -OCH3 is 2. The molecule has 2 aromatic rings. The van der Waals surface area contributed by atoms with E-state index in [4.69, 9.17) is 9.47 Å². The summed E-state index contributed by atoms with van der Waals surface area (Å²) < 4.78 is 37.8. The van der Waals surface area contributed by atoms with E-state index in [0.29, 0.717) is 12.3 Å². The lowest BCUT2D eigenvalue weighted by atomic mass is 10.1. The molecule has 1 N–H and O–H groups in total. The van der Waals surface area contributed by atoms with Crippen LogP contribution in [0, 0.1) is 0 Å². The van der Waals surface area contributed by atoms with Crippen molar-refractivity contribution in [2.75, 3.05) is 37.9 Å². The van der Waals surface area contributed by atoms with Gasteiger partial charge in [-0.15, -0.1) is 0 Å². The summed E-state index contributed by atoms with van der Waals surface area (Å²) in [5.74, 6) is -0.145. The summed E-state index contributed by atoms with van der Waals surface area (Å²) >= 11 is 3.42. The van der Waals surface area contributed by atoms with Gasteiger partial charge >= 0.3 is 0 Å². The zero-order valence-corrected chi connectivity index (χ0v) is 23.0. The van der Waals surface area contributed by atoms with E-state index in [9.17, 15) is 18.0 Å². The van der Waals surface area contributed by atoms with E-state index in [1.54, 1.807) is 13.0 Å². The Morgan fingerprint density at radius 1 is 1.11 bits per heavy atom. The number of hydrogen-bond donors (Lipinski definition) is 1. The Balaban J connectivity index is 2.44. The highest BCUT2D eigenvalue weighted by molar-refractivity contribution is 9.10. The molecule has 2 rings (SSSR count). The van der Waals surface area contributed by atoms with Gasteiger partial charge in [0.05, 0.1) is 26.2 Å². The molecule has 0 fully saturated rings. The Hall–Kier alpha value is -2.79. The number of halogens is 1. The third-order valence-corrected chi connectivity index (χ3v) is 6.91. The van der Waals surface area contributed by atoms with E-state index in [2.05, 4.69) is 21.2 Å². The van der Waals surface area contributed by atoms with E-state index in [-0.39, 0.29) is 23.9 Å². The molecular formula is C24H32BrN3O6S. The fourth-order valence-electron chi connectivity index (χ4n) is 3.40. The highest BCUT2D eigenvalue weighted by Crippen LogP contribution is 2.33. The number of carbonyl (C=O) groups is 2. The Morgan fingerprint density at radius 3 is 2.40 bits per heavy atom. The van der Waals surface area contributed by atoms with Crippen LogP contribution >= 0.6 is 15.9 Å². The van der Waals surface area contributed by atoms with Crippen LogP contribution in [0.15, 0.2) is 46.9 Å². The van der Waals surface area contributed by atoms with Crippen molar-refractivity contribution in [2.24, 2.45) is 0 Å². The average Bonchev–Trinajstić information content (AvgIpc) is 2.82. The molecule has 2 aromatic carbocycles. The number of rotatable bonds is 12. The summed E-state index contributed by atoms with van der Waals surface area (Å²) in [7, 11) is -0.995. The predicted octanol–water partition coefficient (Wildman–Crippen LogP) is 3.18. The summed E-state index contributed by atoms with van der Waals surface area (Å²) in [5, 5.41) is 2.80. The molecule has 0 aliphatic heterocycles. The molecule has 0 radical (unpaired) electrons. The van der Waals surface area contributed by atoms with Crippen LogP contribution in [0.25, 0.3) is 0 Å². The molecule has 9 nitrogen and oxygen atoms in total.